The van der Waals surface area contributed by atoms with Crippen LogP contribution < -0.4 is 5.32 Å². The molecule has 15 heavy (non-hydrogen) atoms. The van der Waals surface area contributed by atoms with Crippen LogP contribution in [0.4, 0.5) is 0 Å². The first-order valence-corrected chi connectivity index (χ1v) is 5.61. The van der Waals surface area contributed by atoms with E-state index in [-0.39, 0.29) is 12.5 Å². The van der Waals surface area contributed by atoms with Crippen LogP contribution in [0, 0.1) is 0 Å². The molecule has 4 nitrogen and oxygen atoms in total. The van der Waals surface area contributed by atoms with Crippen LogP contribution in [0.1, 0.15) is 25.7 Å². The molecule has 1 fully saturated rings. The predicted octanol–water partition coefficient (Wildman–Crippen LogP) is 0.622. The van der Waals surface area contributed by atoms with Crippen molar-refractivity contribution in [3.63, 3.8) is 0 Å². The van der Waals surface area contributed by atoms with Gasteiger partial charge in [0, 0.05) is 26.2 Å². The Labute approximate surface area is 92.0 Å². The van der Waals surface area contributed by atoms with Crippen LogP contribution in [0.25, 0.3) is 0 Å². The number of rotatable bonds is 4. The van der Waals surface area contributed by atoms with Gasteiger partial charge in [0.05, 0.1) is 0 Å². The summed E-state index contributed by atoms with van der Waals surface area (Å²) in [5.74, 6) is 0.0883. The second-order valence-corrected chi connectivity index (χ2v) is 4.23. The highest BCUT2D eigenvalue weighted by Crippen LogP contribution is 2.22. The lowest BCUT2D eigenvalue weighted by molar-refractivity contribution is -0.136. The van der Waals surface area contributed by atoms with E-state index in [1.807, 2.05) is 19.0 Å². The Bertz CT molecular complexity index is 201. The molecular weight excluding hydrogens is 192 g/mol. The van der Waals surface area contributed by atoms with Crippen molar-refractivity contribution in [3.8, 4) is 0 Å². The van der Waals surface area contributed by atoms with Crippen molar-refractivity contribution >= 4 is 5.91 Å². The lowest BCUT2D eigenvalue weighted by atomic mass is 9.90. The van der Waals surface area contributed by atoms with E-state index in [9.17, 15) is 4.79 Å². The van der Waals surface area contributed by atoms with Crippen LogP contribution >= 0.6 is 0 Å². The van der Waals surface area contributed by atoms with Gasteiger partial charge in [-0.05, 0) is 32.7 Å². The smallest absolute Gasteiger partial charge is 0.248 e. The number of carbonyl (C=O) groups is 1. The summed E-state index contributed by atoms with van der Waals surface area (Å²) in [7, 11) is 5.44. The van der Waals surface area contributed by atoms with Gasteiger partial charge in [-0.1, -0.05) is 0 Å². The van der Waals surface area contributed by atoms with E-state index in [1.165, 1.54) is 0 Å². The Hall–Kier alpha value is -0.610. The number of hydrogen-bond acceptors (Lipinski definition) is 3. The van der Waals surface area contributed by atoms with Crippen LogP contribution in [-0.2, 0) is 9.53 Å². The molecule has 88 valence electrons. The maximum Gasteiger partial charge on any atom is 0.248 e. The third kappa shape index (κ3) is 3.47. The second kappa shape index (κ2) is 6.08. The van der Waals surface area contributed by atoms with Gasteiger partial charge in [-0.25, -0.2) is 0 Å². The summed E-state index contributed by atoms with van der Waals surface area (Å²) >= 11 is 0. The van der Waals surface area contributed by atoms with Crippen molar-refractivity contribution in [2.45, 2.75) is 37.8 Å². The second-order valence-electron chi connectivity index (χ2n) is 4.23. The first-order valence-electron chi connectivity index (χ1n) is 5.61. The Morgan fingerprint density at radius 2 is 2.00 bits per heavy atom. The fourth-order valence-electron chi connectivity index (χ4n) is 2.18. The van der Waals surface area contributed by atoms with E-state index in [0.29, 0.717) is 12.1 Å². The zero-order valence-electron chi connectivity index (χ0n) is 9.95. The van der Waals surface area contributed by atoms with E-state index in [0.717, 1.165) is 25.7 Å². The van der Waals surface area contributed by atoms with Gasteiger partial charge in [0.15, 0.2) is 0 Å². The minimum absolute atomic E-state index is 0.0883. The summed E-state index contributed by atoms with van der Waals surface area (Å²) < 4.78 is 4.85. The summed E-state index contributed by atoms with van der Waals surface area (Å²) in [5.41, 5.74) is 0. The molecule has 0 heterocycles. The monoisotopic (exact) mass is 214 g/mol. The topological polar surface area (TPSA) is 41.6 Å². The minimum atomic E-state index is 0.0883. The first kappa shape index (κ1) is 12.5. The van der Waals surface area contributed by atoms with Crippen molar-refractivity contribution in [3.05, 3.63) is 0 Å². The lowest BCUT2D eigenvalue weighted by Crippen LogP contribution is -2.43. The molecule has 1 N–H and O–H groups in total. The van der Waals surface area contributed by atoms with Crippen molar-refractivity contribution in [2.75, 3.05) is 27.8 Å². The molecule has 1 aliphatic carbocycles. The number of amides is 1. The zero-order valence-corrected chi connectivity index (χ0v) is 9.95. The molecule has 1 rings (SSSR count). The molecule has 0 aromatic rings. The van der Waals surface area contributed by atoms with Gasteiger partial charge < -0.3 is 15.0 Å². The van der Waals surface area contributed by atoms with Crippen LogP contribution in [-0.4, -0.2) is 50.7 Å². The number of methoxy groups -OCH3 is 1. The van der Waals surface area contributed by atoms with Crippen LogP contribution in [0.5, 0.6) is 0 Å². The zero-order chi connectivity index (χ0) is 11.3. The maximum absolute atomic E-state index is 11.6. The molecule has 0 aromatic heterocycles. The van der Waals surface area contributed by atoms with Crippen LogP contribution in [0.3, 0.4) is 0 Å². The van der Waals surface area contributed by atoms with Crippen molar-refractivity contribution in [2.24, 2.45) is 0 Å². The van der Waals surface area contributed by atoms with E-state index < -0.39 is 0 Å². The van der Waals surface area contributed by atoms with Gasteiger partial charge in [0.1, 0.15) is 6.61 Å². The molecule has 0 spiro atoms. The average Bonchev–Trinajstić information content (AvgIpc) is 2.28. The number of nitrogens with zero attached hydrogens (tertiary/aromatic N) is 1. The van der Waals surface area contributed by atoms with E-state index in [2.05, 4.69) is 5.32 Å². The summed E-state index contributed by atoms with van der Waals surface area (Å²) in [6.45, 7) is 0.197. The van der Waals surface area contributed by atoms with Gasteiger partial charge in [-0.2, -0.15) is 0 Å². The fourth-order valence-corrected chi connectivity index (χ4v) is 2.18. The molecule has 0 aliphatic heterocycles. The van der Waals surface area contributed by atoms with Crippen LogP contribution in [0.15, 0.2) is 0 Å². The highest BCUT2D eigenvalue weighted by molar-refractivity contribution is 5.77. The Morgan fingerprint density at radius 3 is 2.47 bits per heavy atom. The van der Waals surface area contributed by atoms with Gasteiger partial charge in [-0.15, -0.1) is 0 Å². The lowest BCUT2D eigenvalue weighted by Gasteiger charge is -2.34. The SMILES string of the molecule is CNC1CCC(N(C)C(=O)COC)CC1. The summed E-state index contributed by atoms with van der Waals surface area (Å²) in [6, 6.07) is 1.03. The highest BCUT2D eigenvalue weighted by Gasteiger charge is 2.25. The number of hydrogen-bond donors (Lipinski definition) is 1. The standard InChI is InChI=1S/C11H22N2O2/c1-12-9-4-6-10(7-5-9)13(2)11(14)8-15-3/h9-10,12H,4-8H2,1-3H3. The minimum Gasteiger partial charge on any atom is -0.375 e. The molecule has 0 aromatic carbocycles. The maximum atomic E-state index is 11.6. The number of likely N-dealkylation sites (N-methyl/N-ethyl adjacent to an activating group) is 1. The molecule has 0 atom stereocenters. The van der Waals surface area contributed by atoms with Gasteiger partial charge in [0.2, 0.25) is 5.91 Å². The normalized spacial score (nSPS) is 26.3. The average molecular weight is 214 g/mol. The van der Waals surface area contributed by atoms with E-state index >= 15 is 0 Å². The Balaban J connectivity index is 2.35. The summed E-state index contributed by atoms with van der Waals surface area (Å²) in [6.07, 6.45) is 4.51. The van der Waals surface area contributed by atoms with E-state index in [4.69, 9.17) is 4.74 Å². The summed E-state index contributed by atoms with van der Waals surface area (Å²) in [5, 5.41) is 3.29. The number of carbonyl (C=O) groups excluding carboxylic acids is 1. The molecule has 0 unspecified atom stereocenters. The Kier molecular flexibility index (Phi) is 5.05. The van der Waals surface area contributed by atoms with Gasteiger partial charge >= 0.3 is 0 Å². The largest absolute Gasteiger partial charge is 0.375 e. The predicted molar refractivity (Wildman–Crippen MR) is 59.7 cm³/mol. The van der Waals surface area contributed by atoms with Crippen molar-refractivity contribution < 1.29 is 9.53 Å². The van der Waals surface area contributed by atoms with Crippen LogP contribution in [0.2, 0.25) is 0 Å². The molecule has 1 saturated carbocycles. The van der Waals surface area contributed by atoms with Gasteiger partial charge in [0.25, 0.3) is 0 Å². The Morgan fingerprint density at radius 1 is 1.40 bits per heavy atom. The molecule has 0 saturated heterocycles. The summed E-state index contributed by atoms with van der Waals surface area (Å²) in [4.78, 5) is 13.4. The number of nitrogens with one attached hydrogen (secondary N) is 1. The quantitative estimate of drug-likeness (QED) is 0.746. The molecule has 1 aliphatic rings. The molecule has 0 bridgehead atoms. The first-order chi connectivity index (χ1) is 7.19. The molecule has 0 radical (unpaired) electrons. The highest BCUT2D eigenvalue weighted by atomic mass is 16.5. The van der Waals surface area contributed by atoms with Crippen molar-refractivity contribution in [1.29, 1.82) is 0 Å². The fraction of sp³-hybridized carbons (Fsp3) is 0.909. The molecule has 1 amide bonds. The molecule has 4 heteroatoms. The van der Waals surface area contributed by atoms with Crippen molar-refractivity contribution in [1.82, 2.24) is 10.2 Å². The number of ether oxygens (including phenoxy) is 1. The van der Waals surface area contributed by atoms with E-state index in [1.54, 1.807) is 7.11 Å². The van der Waals surface area contributed by atoms with Gasteiger partial charge in [-0.3, -0.25) is 4.79 Å². The third-order valence-corrected chi connectivity index (χ3v) is 3.31. The molecular formula is C11H22N2O2. The third-order valence-electron chi connectivity index (χ3n) is 3.31.